The van der Waals surface area contributed by atoms with Gasteiger partial charge in [-0.3, -0.25) is 0 Å². The number of benzene rings is 2. The predicted octanol–water partition coefficient (Wildman–Crippen LogP) is 4.17. The van der Waals surface area contributed by atoms with E-state index in [9.17, 15) is 0 Å². The summed E-state index contributed by atoms with van der Waals surface area (Å²) in [6.07, 6.45) is 5.57. The molecule has 0 atom stereocenters. The molecule has 4 aromatic rings. The highest BCUT2D eigenvalue weighted by Crippen LogP contribution is 2.32. The molecule has 2 aromatic carbocycles. The Hall–Kier alpha value is -3.74. The van der Waals surface area contributed by atoms with Gasteiger partial charge in [-0.15, -0.1) is 0 Å². The minimum atomic E-state index is 0.635. The van der Waals surface area contributed by atoms with E-state index in [2.05, 4.69) is 10.3 Å². The predicted molar refractivity (Wildman–Crippen MR) is 108 cm³/mol. The van der Waals surface area contributed by atoms with Crippen LogP contribution >= 0.6 is 0 Å². The maximum Gasteiger partial charge on any atom is 0.180 e. The summed E-state index contributed by atoms with van der Waals surface area (Å²) in [5.74, 6) is 2.71. The van der Waals surface area contributed by atoms with E-state index in [1.165, 1.54) is 0 Å². The summed E-state index contributed by atoms with van der Waals surface area (Å²) in [6.45, 7) is 0. The van der Waals surface area contributed by atoms with Crippen LogP contribution < -0.4 is 19.5 Å². The van der Waals surface area contributed by atoms with E-state index >= 15 is 0 Å². The van der Waals surface area contributed by atoms with E-state index in [0.717, 1.165) is 28.3 Å². The summed E-state index contributed by atoms with van der Waals surface area (Å²) in [7, 11) is 4.87. The van der Waals surface area contributed by atoms with Gasteiger partial charge in [-0.2, -0.15) is 0 Å². The quantitative estimate of drug-likeness (QED) is 0.545. The van der Waals surface area contributed by atoms with Gasteiger partial charge in [0, 0.05) is 35.9 Å². The summed E-state index contributed by atoms with van der Waals surface area (Å²) >= 11 is 0. The molecule has 0 spiro atoms. The molecule has 0 aliphatic heterocycles. The third kappa shape index (κ3) is 3.29. The van der Waals surface area contributed by atoms with Crippen LogP contribution in [0.25, 0.3) is 16.9 Å². The van der Waals surface area contributed by atoms with E-state index in [0.29, 0.717) is 17.3 Å². The van der Waals surface area contributed by atoms with E-state index in [1.807, 2.05) is 59.3 Å². The van der Waals surface area contributed by atoms with E-state index in [1.54, 1.807) is 27.5 Å². The Morgan fingerprint density at radius 1 is 0.929 bits per heavy atom. The number of aromatic nitrogens is 3. The molecule has 1 N–H and O–H groups in total. The lowest BCUT2D eigenvalue weighted by Gasteiger charge is -2.13. The SMILES string of the molecule is COc1cccc(-c2cn3ccnc3c(Nc3ccc(OC)c(OC)c3)n2)c1. The third-order valence-corrected chi connectivity index (χ3v) is 4.39. The molecule has 4 rings (SSSR count). The zero-order valence-electron chi connectivity index (χ0n) is 15.8. The van der Waals surface area contributed by atoms with E-state index in [4.69, 9.17) is 19.2 Å². The topological polar surface area (TPSA) is 69.9 Å². The molecule has 2 heterocycles. The lowest BCUT2D eigenvalue weighted by atomic mass is 10.1. The second-order valence-electron chi connectivity index (χ2n) is 6.06. The van der Waals surface area contributed by atoms with Gasteiger partial charge in [0.2, 0.25) is 0 Å². The summed E-state index contributed by atoms with van der Waals surface area (Å²) in [4.78, 5) is 9.21. The average Bonchev–Trinajstić information content (AvgIpc) is 3.22. The van der Waals surface area contributed by atoms with Crippen molar-refractivity contribution in [3.8, 4) is 28.5 Å². The van der Waals surface area contributed by atoms with Crippen LogP contribution in [0.2, 0.25) is 0 Å². The first-order valence-corrected chi connectivity index (χ1v) is 8.69. The molecule has 0 radical (unpaired) electrons. The summed E-state index contributed by atoms with van der Waals surface area (Å²) in [6, 6.07) is 13.4. The molecule has 7 nitrogen and oxygen atoms in total. The minimum absolute atomic E-state index is 0.635. The van der Waals surface area contributed by atoms with Crippen LogP contribution in [0.15, 0.2) is 61.1 Å². The smallest absolute Gasteiger partial charge is 0.180 e. The summed E-state index contributed by atoms with van der Waals surface area (Å²) in [5, 5.41) is 3.34. The number of fused-ring (bicyclic) bond motifs is 1. The zero-order valence-corrected chi connectivity index (χ0v) is 15.8. The Balaban J connectivity index is 1.77. The molecule has 0 amide bonds. The van der Waals surface area contributed by atoms with Crippen molar-refractivity contribution in [3.05, 3.63) is 61.1 Å². The van der Waals surface area contributed by atoms with Crippen molar-refractivity contribution in [2.45, 2.75) is 0 Å². The van der Waals surface area contributed by atoms with Gasteiger partial charge in [-0.1, -0.05) is 12.1 Å². The molecule has 0 aliphatic carbocycles. The Morgan fingerprint density at radius 2 is 1.79 bits per heavy atom. The Bertz CT molecular complexity index is 1120. The van der Waals surface area contributed by atoms with Crippen LogP contribution in [0.3, 0.4) is 0 Å². The fourth-order valence-electron chi connectivity index (χ4n) is 2.99. The monoisotopic (exact) mass is 376 g/mol. The van der Waals surface area contributed by atoms with Gasteiger partial charge in [-0.25, -0.2) is 9.97 Å². The van der Waals surface area contributed by atoms with Gasteiger partial charge >= 0.3 is 0 Å². The first kappa shape index (κ1) is 17.7. The second kappa shape index (κ2) is 7.48. The number of hydrogen-bond acceptors (Lipinski definition) is 6. The molecule has 0 fully saturated rings. The van der Waals surface area contributed by atoms with Gasteiger partial charge in [-0.05, 0) is 24.3 Å². The maximum atomic E-state index is 5.39. The molecule has 2 aromatic heterocycles. The highest BCUT2D eigenvalue weighted by molar-refractivity contribution is 5.74. The number of methoxy groups -OCH3 is 3. The van der Waals surface area contributed by atoms with Crippen molar-refractivity contribution in [3.63, 3.8) is 0 Å². The molecule has 0 saturated heterocycles. The number of rotatable bonds is 6. The zero-order chi connectivity index (χ0) is 19.5. The number of imidazole rings is 1. The normalized spacial score (nSPS) is 10.7. The maximum absolute atomic E-state index is 5.39. The third-order valence-electron chi connectivity index (χ3n) is 4.39. The molecule has 28 heavy (non-hydrogen) atoms. The number of ether oxygens (including phenoxy) is 3. The first-order valence-electron chi connectivity index (χ1n) is 8.69. The van der Waals surface area contributed by atoms with Crippen LogP contribution in [0.4, 0.5) is 11.5 Å². The van der Waals surface area contributed by atoms with Gasteiger partial charge in [0.15, 0.2) is 23.0 Å². The van der Waals surface area contributed by atoms with Crippen molar-refractivity contribution in [2.24, 2.45) is 0 Å². The Kier molecular flexibility index (Phi) is 4.72. The standard InChI is InChI=1S/C21H20N4O3/c1-26-16-6-4-5-14(11-16)17-13-25-10-9-22-21(25)20(24-17)23-15-7-8-18(27-2)19(12-15)28-3/h4-13H,1-3H3,(H,23,24). The summed E-state index contributed by atoms with van der Waals surface area (Å²) in [5.41, 5.74) is 3.29. The van der Waals surface area contributed by atoms with E-state index in [-0.39, 0.29) is 0 Å². The van der Waals surface area contributed by atoms with Gasteiger partial charge < -0.3 is 23.9 Å². The minimum Gasteiger partial charge on any atom is -0.497 e. The van der Waals surface area contributed by atoms with Crippen LogP contribution in [0.5, 0.6) is 17.2 Å². The van der Waals surface area contributed by atoms with Crippen molar-refractivity contribution in [1.82, 2.24) is 14.4 Å². The molecule has 142 valence electrons. The van der Waals surface area contributed by atoms with E-state index < -0.39 is 0 Å². The highest BCUT2D eigenvalue weighted by Gasteiger charge is 2.12. The average molecular weight is 376 g/mol. The summed E-state index contributed by atoms with van der Waals surface area (Å²) < 4.78 is 18.0. The van der Waals surface area contributed by atoms with Crippen LogP contribution in [-0.2, 0) is 0 Å². The molecular formula is C21H20N4O3. The van der Waals surface area contributed by atoms with Crippen molar-refractivity contribution in [2.75, 3.05) is 26.6 Å². The number of nitrogens with one attached hydrogen (secondary N) is 1. The van der Waals surface area contributed by atoms with Crippen LogP contribution in [0, 0.1) is 0 Å². The van der Waals surface area contributed by atoms with Gasteiger partial charge in [0.1, 0.15) is 5.75 Å². The number of nitrogens with zero attached hydrogens (tertiary/aromatic N) is 3. The van der Waals surface area contributed by atoms with Gasteiger partial charge in [0.25, 0.3) is 0 Å². The van der Waals surface area contributed by atoms with Crippen LogP contribution in [-0.4, -0.2) is 35.7 Å². The Morgan fingerprint density at radius 3 is 2.57 bits per heavy atom. The lowest BCUT2D eigenvalue weighted by Crippen LogP contribution is -2.01. The highest BCUT2D eigenvalue weighted by atomic mass is 16.5. The fraction of sp³-hybridized carbons (Fsp3) is 0.143. The number of hydrogen-bond donors (Lipinski definition) is 1. The molecule has 0 unspecified atom stereocenters. The molecule has 0 aliphatic rings. The molecule has 0 saturated carbocycles. The molecule has 7 heteroatoms. The lowest BCUT2D eigenvalue weighted by molar-refractivity contribution is 0.355. The second-order valence-corrected chi connectivity index (χ2v) is 6.06. The largest absolute Gasteiger partial charge is 0.497 e. The van der Waals surface area contributed by atoms with Crippen LogP contribution in [0.1, 0.15) is 0 Å². The van der Waals surface area contributed by atoms with Crippen molar-refractivity contribution in [1.29, 1.82) is 0 Å². The van der Waals surface area contributed by atoms with Gasteiger partial charge in [0.05, 0.1) is 27.0 Å². The van der Waals surface area contributed by atoms with Crippen molar-refractivity contribution >= 4 is 17.2 Å². The molecular weight excluding hydrogens is 356 g/mol. The number of anilines is 2. The molecule has 0 bridgehead atoms. The first-order chi connectivity index (χ1) is 13.7. The van der Waals surface area contributed by atoms with Crippen molar-refractivity contribution < 1.29 is 14.2 Å². The fourth-order valence-corrected chi connectivity index (χ4v) is 2.99. The Labute approximate surface area is 162 Å².